The van der Waals surface area contributed by atoms with Crippen molar-refractivity contribution in [2.75, 3.05) is 14.1 Å². The third kappa shape index (κ3) is 4.55. The van der Waals surface area contributed by atoms with Crippen molar-refractivity contribution >= 4 is 5.91 Å². The average Bonchev–Trinajstić information content (AvgIpc) is 3.02. The molecule has 0 bridgehead atoms. The molecule has 0 unspecified atom stereocenters. The summed E-state index contributed by atoms with van der Waals surface area (Å²) in [6, 6.07) is 12.2. The number of amides is 1. The van der Waals surface area contributed by atoms with Crippen molar-refractivity contribution in [2.24, 2.45) is 0 Å². The summed E-state index contributed by atoms with van der Waals surface area (Å²) in [6.07, 6.45) is 1.34. The van der Waals surface area contributed by atoms with Gasteiger partial charge in [0.15, 0.2) is 11.4 Å². The van der Waals surface area contributed by atoms with Gasteiger partial charge in [-0.2, -0.15) is 5.10 Å². The van der Waals surface area contributed by atoms with E-state index in [2.05, 4.69) is 15.3 Å². The molecular formula is C21H23FN4O2. The number of rotatable bonds is 6. The molecular weight excluding hydrogens is 359 g/mol. The normalized spacial score (nSPS) is 11.0. The Morgan fingerprint density at radius 3 is 2.50 bits per heavy atom. The highest BCUT2D eigenvalue weighted by molar-refractivity contribution is 5.94. The van der Waals surface area contributed by atoms with E-state index in [9.17, 15) is 14.3 Å². The van der Waals surface area contributed by atoms with Crippen molar-refractivity contribution in [3.8, 4) is 11.4 Å². The van der Waals surface area contributed by atoms with Crippen molar-refractivity contribution in [3.63, 3.8) is 0 Å². The van der Waals surface area contributed by atoms with Gasteiger partial charge in [0.25, 0.3) is 5.91 Å². The first-order chi connectivity index (χ1) is 13.3. The van der Waals surface area contributed by atoms with E-state index < -0.39 is 5.91 Å². The van der Waals surface area contributed by atoms with Gasteiger partial charge < -0.3 is 15.3 Å². The predicted molar refractivity (Wildman–Crippen MR) is 105 cm³/mol. The summed E-state index contributed by atoms with van der Waals surface area (Å²) in [4.78, 5) is 14.5. The molecule has 1 heterocycles. The van der Waals surface area contributed by atoms with E-state index in [0.29, 0.717) is 17.8 Å². The minimum Gasteiger partial charge on any atom is -0.504 e. The molecule has 2 aromatic carbocycles. The Labute approximate surface area is 163 Å². The number of benzene rings is 2. The summed E-state index contributed by atoms with van der Waals surface area (Å²) in [7, 11) is 4.01. The molecule has 0 spiro atoms. The number of nitrogens with zero attached hydrogens (tertiary/aromatic N) is 3. The van der Waals surface area contributed by atoms with E-state index in [1.54, 1.807) is 13.0 Å². The molecule has 0 saturated carbocycles. The first-order valence-corrected chi connectivity index (χ1v) is 8.89. The van der Waals surface area contributed by atoms with Gasteiger partial charge in [-0.3, -0.25) is 4.79 Å². The third-order valence-electron chi connectivity index (χ3n) is 4.29. The van der Waals surface area contributed by atoms with Crippen LogP contribution in [0.4, 0.5) is 4.39 Å². The number of aromatic nitrogens is 2. The fourth-order valence-electron chi connectivity index (χ4n) is 2.92. The van der Waals surface area contributed by atoms with Crippen LogP contribution in [0.1, 0.15) is 27.2 Å². The zero-order valence-electron chi connectivity index (χ0n) is 16.1. The lowest BCUT2D eigenvalue weighted by atomic mass is 10.1. The molecule has 3 rings (SSSR count). The monoisotopic (exact) mass is 382 g/mol. The number of nitrogens with one attached hydrogen (secondary N) is 1. The second-order valence-corrected chi connectivity index (χ2v) is 6.98. The molecule has 0 fully saturated rings. The quantitative estimate of drug-likeness (QED) is 0.688. The van der Waals surface area contributed by atoms with Crippen LogP contribution in [-0.2, 0) is 13.1 Å². The Morgan fingerprint density at radius 2 is 1.86 bits per heavy atom. The van der Waals surface area contributed by atoms with E-state index in [1.807, 2.05) is 38.4 Å². The van der Waals surface area contributed by atoms with E-state index in [1.165, 1.54) is 28.6 Å². The minimum atomic E-state index is -0.478. The number of hydrogen-bond donors (Lipinski definition) is 2. The van der Waals surface area contributed by atoms with Gasteiger partial charge in [-0.1, -0.05) is 24.3 Å². The molecule has 7 heteroatoms. The van der Waals surface area contributed by atoms with Crippen LogP contribution in [0.5, 0.6) is 5.75 Å². The number of halogens is 1. The molecule has 0 aliphatic carbocycles. The molecule has 1 aromatic heterocycles. The Bertz CT molecular complexity index is 981. The SMILES string of the molecule is Cc1cc(F)ccc1-n1cc(O)c(C(=O)NCc2ccc(CN(C)C)cc2)n1. The number of aromatic hydroxyl groups is 1. The Balaban J connectivity index is 1.69. The summed E-state index contributed by atoms with van der Waals surface area (Å²) < 4.78 is 14.6. The highest BCUT2D eigenvalue weighted by Crippen LogP contribution is 2.21. The zero-order chi connectivity index (χ0) is 20.3. The van der Waals surface area contributed by atoms with Gasteiger partial charge in [0.1, 0.15) is 5.82 Å². The first kappa shape index (κ1) is 19.6. The van der Waals surface area contributed by atoms with Crippen LogP contribution in [0.15, 0.2) is 48.7 Å². The minimum absolute atomic E-state index is 0.0760. The van der Waals surface area contributed by atoms with Crippen LogP contribution in [0, 0.1) is 12.7 Å². The largest absolute Gasteiger partial charge is 0.504 e. The van der Waals surface area contributed by atoms with Gasteiger partial charge in [-0.25, -0.2) is 9.07 Å². The Kier molecular flexibility index (Phi) is 5.75. The molecule has 3 aromatic rings. The molecule has 1 amide bonds. The highest BCUT2D eigenvalue weighted by Gasteiger charge is 2.17. The number of hydrogen-bond acceptors (Lipinski definition) is 4. The van der Waals surface area contributed by atoms with Gasteiger partial charge in [0, 0.05) is 13.1 Å². The fourth-order valence-corrected chi connectivity index (χ4v) is 2.92. The lowest BCUT2D eigenvalue weighted by molar-refractivity contribution is 0.0943. The van der Waals surface area contributed by atoms with E-state index >= 15 is 0 Å². The van der Waals surface area contributed by atoms with Crippen molar-refractivity contribution < 1.29 is 14.3 Å². The van der Waals surface area contributed by atoms with Crippen LogP contribution in [0.3, 0.4) is 0 Å². The van der Waals surface area contributed by atoms with Gasteiger partial charge in [0.2, 0.25) is 0 Å². The summed E-state index contributed by atoms with van der Waals surface area (Å²) >= 11 is 0. The molecule has 0 atom stereocenters. The predicted octanol–water partition coefficient (Wildman–Crippen LogP) is 3.02. The van der Waals surface area contributed by atoms with Crippen molar-refractivity contribution in [1.29, 1.82) is 0 Å². The zero-order valence-corrected chi connectivity index (χ0v) is 16.1. The molecule has 28 heavy (non-hydrogen) atoms. The van der Waals surface area contributed by atoms with Crippen LogP contribution in [-0.4, -0.2) is 39.8 Å². The van der Waals surface area contributed by atoms with Gasteiger partial charge in [-0.15, -0.1) is 0 Å². The standard InChI is InChI=1S/C21H23FN4O2/c1-14-10-17(22)8-9-18(14)26-13-19(27)20(24-26)21(28)23-11-15-4-6-16(7-5-15)12-25(2)3/h4-10,13,27H,11-12H2,1-3H3,(H,23,28). The lowest BCUT2D eigenvalue weighted by Crippen LogP contribution is -2.23. The van der Waals surface area contributed by atoms with Gasteiger partial charge >= 0.3 is 0 Å². The molecule has 2 N–H and O–H groups in total. The van der Waals surface area contributed by atoms with Gasteiger partial charge in [-0.05, 0) is 55.9 Å². The number of aryl methyl sites for hydroxylation is 1. The van der Waals surface area contributed by atoms with E-state index in [0.717, 1.165) is 12.1 Å². The van der Waals surface area contributed by atoms with E-state index in [-0.39, 0.29) is 17.3 Å². The maximum atomic E-state index is 13.3. The molecule has 146 valence electrons. The van der Waals surface area contributed by atoms with Crippen molar-refractivity contribution in [1.82, 2.24) is 20.0 Å². The second-order valence-electron chi connectivity index (χ2n) is 6.98. The van der Waals surface area contributed by atoms with Crippen LogP contribution in [0.25, 0.3) is 5.69 Å². The van der Waals surface area contributed by atoms with Crippen LogP contribution >= 0.6 is 0 Å². The van der Waals surface area contributed by atoms with Crippen molar-refractivity contribution in [3.05, 3.63) is 76.9 Å². The number of carbonyl (C=O) groups is 1. The van der Waals surface area contributed by atoms with Crippen LogP contribution in [0.2, 0.25) is 0 Å². The number of carbonyl (C=O) groups excluding carboxylic acids is 1. The summed E-state index contributed by atoms with van der Waals surface area (Å²) in [5.74, 6) is -1.07. The second kappa shape index (κ2) is 8.22. The maximum absolute atomic E-state index is 13.3. The summed E-state index contributed by atoms with van der Waals surface area (Å²) in [5, 5.41) is 17.0. The fraction of sp³-hybridized carbons (Fsp3) is 0.238. The Morgan fingerprint density at radius 1 is 1.18 bits per heavy atom. The molecule has 0 saturated heterocycles. The smallest absolute Gasteiger partial charge is 0.275 e. The summed E-state index contributed by atoms with van der Waals surface area (Å²) in [6.45, 7) is 2.90. The van der Waals surface area contributed by atoms with Gasteiger partial charge in [0.05, 0.1) is 11.9 Å². The summed E-state index contributed by atoms with van der Waals surface area (Å²) in [5.41, 5.74) is 3.29. The molecule has 6 nitrogen and oxygen atoms in total. The van der Waals surface area contributed by atoms with Crippen molar-refractivity contribution in [2.45, 2.75) is 20.0 Å². The third-order valence-corrected chi connectivity index (χ3v) is 4.29. The maximum Gasteiger partial charge on any atom is 0.275 e. The highest BCUT2D eigenvalue weighted by atomic mass is 19.1. The molecule has 0 aliphatic rings. The molecule has 0 aliphatic heterocycles. The average molecular weight is 382 g/mol. The Hall–Kier alpha value is -3.19. The lowest BCUT2D eigenvalue weighted by Gasteiger charge is -2.10. The molecule has 0 radical (unpaired) electrons. The van der Waals surface area contributed by atoms with Crippen LogP contribution < -0.4 is 5.32 Å². The first-order valence-electron chi connectivity index (χ1n) is 8.89. The van der Waals surface area contributed by atoms with E-state index in [4.69, 9.17) is 0 Å². The topological polar surface area (TPSA) is 70.4 Å².